The normalized spacial score (nSPS) is 16.1. The zero-order chi connectivity index (χ0) is 15.5. The van der Waals surface area contributed by atoms with Crippen LogP contribution in [0.25, 0.3) is 0 Å². The summed E-state index contributed by atoms with van der Waals surface area (Å²) in [6, 6.07) is 4.85. The van der Waals surface area contributed by atoms with Crippen molar-refractivity contribution in [1.82, 2.24) is 5.32 Å². The molecule has 0 heterocycles. The van der Waals surface area contributed by atoms with Gasteiger partial charge in [0.2, 0.25) is 15.9 Å². The molecule has 1 saturated carbocycles. The molecule has 0 radical (unpaired) electrons. The van der Waals surface area contributed by atoms with Gasteiger partial charge in [-0.1, -0.05) is 18.9 Å². The average molecular weight is 311 g/mol. The molecule has 1 fully saturated rings. The first-order valence-electron chi connectivity index (χ1n) is 7.03. The van der Waals surface area contributed by atoms with Crippen molar-refractivity contribution in [2.24, 2.45) is 5.14 Å². The van der Waals surface area contributed by atoms with Gasteiger partial charge in [0.05, 0.1) is 11.4 Å². The molecule has 21 heavy (non-hydrogen) atoms. The molecule has 0 bridgehead atoms. The van der Waals surface area contributed by atoms with Crippen LogP contribution in [0.1, 0.15) is 31.2 Å². The molecule has 1 aliphatic carbocycles. The van der Waals surface area contributed by atoms with Gasteiger partial charge < -0.3 is 10.6 Å². The molecule has 0 saturated heterocycles. The summed E-state index contributed by atoms with van der Waals surface area (Å²) >= 11 is 0. The average Bonchev–Trinajstić information content (AvgIpc) is 2.91. The van der Waals surface area contributed by atoms with Crippen LogP contribution >= 0.6 is 0 Å². The summed E-state index contributed by atoms with van der Waals surface area (Å²) in [6.45, 7) is 2.02. The van der Waals surface area contributed by atoms with Gasteiger partial charge in [0, 0.05) is 11.7 Å². The monoisotopic (exact) mass is 311 g/mol. The van der Waals surface area contributed by atoms with Crippen molar-refractivity contribution >= 4 is 21.6 Å². The minimum absolute atomic E-state index is 0.00727. The molecule has 0 aromatic heterocycles. The van der Waals surface area contributed by atoms with E-state index in [-0.39, 0.29) is 17.3 Å². The standard InChI is InChI=1S/C14H21N3O3S/c1-10-6-7-12(21(15,19)20)8-13(10)17-14(18)9-16-11-4-2-3-5-11/h6-8,11,16H,2-5,9H2,1H3,(H,17,18)(H2,15,19,20). The van der Waals surface area contributed by atoms with Crippen molar-refractivity contribution < 1.29 is 13.2 Å². The van der Waals surface area contributed by atoms with Crippen LogP contribution in [0.15, 0.2) is 23.1 Å². The number of nitrogens with two attached hydrogens (primary N) is 1. The number of rotatable bonds is 5. The van der Waals surface area contributed by atoms with E-state index in [2.05, 4.69) is 10.6 Å². The van der Waals surface area contributed by atoms with Crippen molar-refractivity contribution in [2.45, 2.75) is 43.5 Å². The van der Waals surface area contributed by atoms with Gasteiger partial charge in [0.25, 0.3) is 0 Å². The Morgan fingerprint density at radius 3 is 2.62 bits per heavy atom. The molecule has 116 valence electrons. The van der Waals surface area contributed by atoms with E-state index < -0.39 is 10.0 Å². The molecule has 1 amide bonds. The van der Waals surface area contributed by atoms with E-state index in [0.717, 1.165) is 18.4 Å². The zero-order valence-corrected chi connectivity index (χ0v) is 12.9. The lowest BCUT2D eigenvalue weighted by molar-refractivity contribution is -0.115. The number of amides is 1. The van der Waals surface area contributed by atoms with Gasteiger partial charge in [-0.15, -0.1) is 0 Å². The van der Waals surface area contributed by atoms with Crippen LogP contribution in [0.4, 0.5) is 5.69 Å². The Morgan fingerprint density at radius 1 is 1.33 bits per heavy atom. The Bertz CT molecular complexity index is 622. The van der Waals surface area contributed by atoms with E-state index in [0.29, 0.717) is 11.7 Å². The number of carbonyl (C=O) groups is 1. The van der Waals surface area contributed by atoms with E-state index >= 15 is 0 Å². The summed E-state index contributed by atoms with van der Waals surface area (Å²) in [7, 11) is -3.77. The fourth-order valence-corrected chi connectivity index (χ4v) is 3.01. The summed E-state index contributed by atoms with van der Waals surface area (Å²) in [5.74, 6) is -0.184. The smallest absolute Gasteiger partial charge is 0.238 e. The number of nitrogens with one attached hydrogen (secondary N) is 2. The largest absolute Gasteiger partial charge is 0.325 e. The van der Waals surface area contributed by atoms with Crippen LogP contribution in [0, 0.1) is 6.92 Å². The summed E-state index contributed by atoms with van der Waals surface area (Å²) < 4.78 is 22.7. The number of hydrogen-bond acceptors (Lipinski definition) is 4. The summed E-state index contributed by atoms with van der Waals surface area (Å²) in [6.07, 6.45) is 4.62. The summed E-state index contributed by atoms with van der Waals surface area (Å²) in [5.41, 5.74) is 1.26. The van der Waals surface area contributed by atoms with Crippen LogP contribution in [0.2, 0.25) is 0 Å². The number of aryl methyl sites for hydroxylation is 1. The van der Waals surface area contributed by atoms with Gasteiger partial charge >= 0.3 is 0 Å². The van der Waals surface area contributed by atoms with Crippen LogP contribution < -0.4 is 15.8 Å². The van der Waals surface area contributed by atoms with Gasteiger partial charge in [0.1, 0.15) is 0 Å². The zero-order valence-electron chi connectivity index (χ0n) is 12.1. The van der Waals surface area contributed by atoms with E-state index in [4.69, 9.17) is 5.14 Å². The van der Waals surface area contributed by atoms with Gasteiger partial charge in [0.15, 0.2) is 0 Å². The SMILES string of the molecule is Cc1ccc(S(N)(=O)=O)cc1NC(=O)CNC1CCCC1. The Balaban J connectivity index is 1.99. The third kappa shape index (κ3) is 4.52. The highest BCUT2D eigenvalue weighted by atomic mass is 32.2. The maximum absolute atomic E-state index is 11.9. The maximum atomic E-state index is 11.9. The summed E-state index contributed by atoms with van der Waals surface area (Å²) in [4.78, 5) is 11.9. The fourth-order valence-electron chi connectivity index (χ4n) is 2.47. The van der Waals surface area contributed by atoms with Crippen molar-refractivity contribution in [3.63, 3.8) is 0 Å². The Kier molecular flexibility index (Phi) is 4.97. The first-order chi connectivity index (χ1) is 9.86. The van der Waals surface area contributed by atoms with Gasteiger partial charge in [-0.25, -0.2) is 13.6 Å². The molecule has 0 spiro atoms. The van der Waals surface area contributed by atoms with Gasteiger partial charge in [-0.05, 0) is 37.5 Å². The first-order valence-corrected chi connectivity index (χ1v) is 8.57. The predicted octanol–water partition coefficient (Wildman–Crippen LogP) is 1.11. The lowest BCUT2D eigenvalue weighted by atomic mass is 10.2. The van der Waals surface area contributed by atoms with Crippen molar-refractivity contribution in [3.05, 3.63) is 23.8 Å². The lowest BCUT2D eigenvalue weighted by Crippen LogP contribution is -2.34. The van der Waals surface area contributed by atoms with Crippen molar-refractivity contribution in [3.8, 4) is 0 Å². The quantitative estimate of drug-likeness (QED) is 0.758. The molecule has 4 N–H and O–H groups in total. The number of hydrogen-bond donors (Lipinski definition) is 3. The molecule has 6 nitrogen and oxygen atoms in total. The van der Waals surface area contributed by atoms with Crippen molar-refractivity contribution in [2.75, 3.05) is 11.9 Å². The van der Waals surface area contributed by atoms with E-state index in [1.807, 2.05) is 0 Å². The lowest BCUT2D eigenvalue weighted by Gasteiger charge is -2.13. The fraction of sp³-hybridized carbons (Fsp3) is 0.500. The van der Waals surface area contributed by atoms with Crippen LogP contribution in [0.3, 0.4) is 0 Å². The van der Waals surface area contributed by atoms with E-state index in [9.17, 15) is 13.2 Å². The van der Waals surface area contributed by atoms with Gasteiger partial charge in [-0.3, -0.25) is 4.79 Å². The number of primary sulfonamides is 1. The topological polar surface area (TPSA) is 101 Å². The Hall–Kier alpha value is -1.44. The van der Waals surface area contributed by atoms with E-state index in [1.165, 1.54) is 25.0 Å². The highest BCUT2D eigenvalue weighted by Crippen LogP contribution is 2.20. The molecule has 1 aliphatic rings. The Labute approximate surface area is 125 Å². The molecule has 1 aromatic rings. The summed E-state index contributed by atoms with van der Waals surface area (Å²) in [5, 5.41) is 11.0. The Morgan fingerprint density at radius 2 is 2.00 bits per heavy atom. The molecule has 1 aromatic carbocycles. The third-order valence-corrected chi connectivity index (χ3v) is 4.63. The van der Waals surface area contributed by atoms with Gasteiger partial charge in [-0.2, -0.15) is 0 Å². The first kappa shape index (κ1) is 15.9. The minimum Gasteiger partial charge on any atom is -0.325 e. The van der Waals surface area contributed by atoms with Crippen molar-refractivity contribution in [1.29, 1.82) is 0 Å². The second-order valence-corrected chi connectivity index (χ2v) is 6.99. The molecule has 0 unspecified atom stereocenters. The van der Waals surface area contributed by atoms with E-state index in [1.54, 1.807) is 13.0 Å². The number of benzene rings is 1. The molecule has 0 atom stereocenters. The van der Waals surface area contributed by atoms with Crippen LogP contribution in [-0.2, 0) is 14.8 Å². The second kappa shape index (κ2) is 6.55. The molecular formula is C14H21N3O3S. The minimum atomic E-state index is -3.77. The second-order valence-electron chi connectivity index (χ2n) is 5.43. The van der Waals surface area contributed by atoms with Crippen LogP contribution in [-0.4, -0.2) is 26.9 Å². The maximum Gasteiger partial charge on any atom is 0.238 e. The molecule has 2 rings (SSSR count). The molecule has 0 aliphatic heterocycles. The molecule has 7 heteroatoms. The third-order valence-electron chi connectivity index (χ3n) is 3.72. The predicted molar refractivity (Wildman–Crippen MR) is 81.4 cm³/mol. The number of anilines is 1. The van der Waals surface area contributed by atoms with Crippen LogP contribution in [0.5, 0.6) is 0 Å². The highest BCUT2D eigenvalue weighted by molar-refractivity contribution is 7.89. The number of carbonyl (C=O) groups excluding carboxylic acids is 1. The molecular weight excluding hydrogens is 290 g/mol. The highest BCUT2D eigenvalue weighted by Gasteiger charge is 2.16. The number of sulfonamides is 1.